The van der Waals surface area contributed by atoms with E-state index in [1.54, 1.807) is 11.6 Å². The molecule has 0 saturated carbocycles. The highest BCUT2D eigenvalue weighted by Gasteiger charge is 2.62. The Morgan fingerprint density at radius 3 is 2.32 bits per heavy atom. The predicted molar refractivity (Wildman–Crippen MR) is 105 cm³/mol. The van der Waals surface area contributed by atoms with Gasteiger partial charge in [0.25, 0.3) is 10.0 Å². The molecule has 2 aliphatic heterocycles. The highest BCUT2D eigenvalue weighted by atomic mass is 32.2. The molecular weight excluding hydrogens is 376 g/mol. The summed E-state index contributed by atoms with van der Waals surface area (Å²) in [6.45, 7) is 4.72. The van der Waals surface area contributed by atoms with Crippen LogP contribution in [0.15, 0.2) is 47.9 Å². The maximum Gasteiger partial charge on any atom is 0.262 e. The molecule has 2 aromatic rings. The van der Waals surface area contributed by atoms with Crippen LogP contribution in [-0.4, -0.2) is 52.2 Å². The van der Waals surface area contributed by atoms with Gasteiger partial charge in [-0.1, -0.05) is 30.3 Å². The zero-order valence-corrected chi connectivity index (χ0v) is 17.3. The summed E-state index contributed by atoms with van der Waals surface area (Å²) in [5, 5.41) is 0.0642. The van der Waals surface area contributed by atoms with E-state index >= 15 is 0 Å². The average Bonchev–Trinajstić information content (AvgIpc) is 3.13. The SMILES string of the molecule is CC(C)N1C(=O)C2(CCN(S(=O)(=O)c3cn(C)cn3)CC2)C1c1ccccc1. The van der Waals surface area contributed by atoms with E-state index in [1.807, 2.05) is 36.9 Å². The van der Waals surface area contributed by atoms with Crippen LogP contribution in [0.2, 0.25) is 0 Å². The molecule has 4 rings (SSSR count). The van der Waals surface area contributed by atoms with E-state index in [0.717, 1.165) is 5.56 Å². The van der Waals surface area contributed by atoms with Gasteiger partial charge in [-0.2, -0.15) is 4.31 Å². The van der Waals surface area contributed by atoms with Crippen molar-refractivity contribution >= 4 is 15.9 Å². The quantitative estimate of drug-likeness (QED) is 0.735. The minimum Gasteiger partial charge on any atom is -0.339 e. The van der Waals surface area contributed by atoms with Crippen LogP contribution in [0.25, 0.3) is 0 Å². The van der Waals surface area contributed by atoms with Gasteiger partial charge in [-0.05, 0) is 32.3 Å². The number of carbonyl (C=O) groups is 1. The number of nitrogens with zero attached hydrogens (tertiary/aromatic N) is 4. The molecule has 2 aliphatic rings. The van der Waals surface area contributed by atoms with Crippen LogP contribution in [-0.2, 0) is 21.9 Å². The normalized spacial score (nSPS) is 22.6. The second kappa shape index (κ2) is 6.70. The Kier molecular flexibility index (Phi) is 4.58. The van der Waals surface area contributed by atoms with Crippen molar-refractivity contribution in [3.63, 3.8) is 0 Å². The molecule has 1 spiro atoms. The van der Waals surface area contributed by atoms with Crippen molar-refractivity contribution in [2.24, 2.45) is 12.5 Å². The van der Waals surface area contributed by atoms with Gasteiger partial charge in [-0.3, -0.25) is 4.79 Å². The standard InChI is InChI=1S/C20H26N4O3S/c1-15(2)24-18(16-7-5-4-6-8-16)20(19(24)25)9-11-23(12-10-20)28(26,27)17-13-22(3)14-21-17/h4-8,13-15,18H,9-12H2,1-3H3. The van der Waals surface area contributed by atoms with E-state index in [1.165, 1.54) is 16.8 Å². The van der Waals surface area contributed by atoms with E-state index < -0.39 is 15.4 Å². The third-order valence-corrected chi connectivity index (χ3v) is 7.82. The number of aromatic nitrogens is 2. The molecule has 150 valence electrons. The highest BCUT2D eigenvalue weighted by Crippen LogP contribution is 2.57. The van der Waals surface area contributed by atoms with Gasteiger partial charge in [0.2, 0.25) is 5.91 Å². The fourth-order valence-corrected chi connectivity index (χ4v) is 6.01. The number of carbonyl (C=O) groups excluding carboxylic acids is 1. The van der Waals surface area contributed by atoms with Crippen LogP contribution < -0.4 is 0 Å². The Hall–Kier alpha value is -2.19. The third-order valence-electron chi connectivity index (χ3n) is 6.03. The molecule has 8 heteroatoms. The lowest BCUT2D eigenvalue weighted by Gasteiger charge is -2.60. The van der Waals surface area contributed by atoms with Gasteiger partial charge in [-0.25, -0.2) is 13.4 Å². The number of β-lactam (4-membered cyclic amide) rings is 1. The Bertz CT molecular complexity index is 976. The van der Waals surface area contributed by atoms with Crippen LogP contribution in [0.1, 0.15) is 38.3 Å². The zero-order chi connectivity index (χ0) is 20.1. The summed E-state index contributed by atoms with van der Waals surface area (Å²) < 4.78 is 28.8. The zero-order valence-electron chi connectivity index (χ0n) is 16.4. The number of imidazole rings is 1. The number of piperidine rings is 1. The molecule has 2 fully saturated rings. The van der Waals surface area contributed by atoms with Crippen LogP contribution in [0, 0.1) is 5.41 Å². The van der Waals surface area contributed by atoms with Crippen LogP contribution >= 0.6 is 0 Å². The molecule has 3 heterocycles. The summed E-state index contributed by atoms with van der Waals surface area (Å²) in [6, 6.07) is 10.2. The van der Waals surface area contributed by atoms with Gasteiger partial charge in [0.05, 0.1) is 17.8 Å². The fraction of sp³-hybridized carbons (Fsp3) is 0.500. The van der Waals surface area contributed by atoms with E-state index in [9.17, 15) is 13.2 Å². The lowest BCUT2D eigenvalue weighted by atomic mass is 9.62. The first-order valence-electron chi connectivity index (χ1n) is 9.63. The van der Waals surface area contributed by atoms with Gasteiger partial charge >= 0.3 is 0 Å². The fourth-order valence-electron chi connectivity index (χ4n) is 4.61. The molecule has 28 heavy (non-hydrogen) atoms. The third kappa shape index (κ3) is 2.78. The van der Waals surface area contributed by atoms with Crippen molar-refractivity contribution in [3.8, 4) is 0 Å². The van der Waals surface area contributed by atoms with Crippen molar-refractivity contribution in [2.45, 2.75) is 43.8 Å². The van der Waals surface area contributed by atoms with Gasteiger partial charge in [0, 0.05) is 32.4 Å². The number of rotatable bonds is 4. The first kappa shape index (κ1) is 19.1. The number of hydrogen-bond acceptors (Lipinski definition) is 4. The summed E-state index contributed by atoms with van der Waals surface area (Å²) in [7, 11) is -1.88. The Balaban J connectivity index is 1.59. The van der Waals surface area contributed by atoms with Crippen molar-refractivity contribution in [1.82, 2.24) is 18.8 Å². The molecule has 1 aromatic carbocycles. The largest absolute Gasteiger partial charge is 0.339 e. The highest BCUT2D eigenvalue weighted by molar-refractivity contribution is 7.89. The number of benzene rings is 1. The summed E-state index contributed by atoms with van der Waals surface area (Å²) in [6.07, 6.45) is 4.06. The van der Waals surface area contributed by atoms with Crippen LogP contribution in [0.4, 0.5) is 0 Å². The van der Waals surface area contributed by atoms with E-state index in [4.69, 9.17) is 0 Å². The lowest BCUT2D eigenvalue weighted by molar-refractivity contribution is -0.183. The molecule has 0 bridgehead atoms. The number of amides is 1. The van der Waals surface area contributed by atoms with E-state index in [-0.39, 0.29) is 23.0 Å². The van der Waals surface area contributed by atoms with Crippen molar-refractivity contribution in [1.29, 1.82) is 0 Å². The molecule has 7 nitrogen and oxygen atoms in total. The topological polar surface area (TPSA) is 75.5 Å². The molecule has 1 aromatic heterocycles. The molecule has 2 saturated heterocycles. The number of likely N-dealkylation sites (tertiary alicyclic amines) is 1. The molecular formula is C20H26N4O3S. The molecule has 0 aliphatic carbocycles. The minimum atomic E-state index is -3.63. The molecule has 0 radical (unpaired) electrons. The van der Waals surface area contributed by atoms with Gasteiger partial charge in [-0.15, -0.1) is 0 Å². The van der Waals surface area contributed by atoms with Gasteiger partial charge < -0.3 is 9.47 Å². The first-order chi connectivity index (χ1) is 13.3. The molecule has 1 atom stereocenters. The smallest absolute Gasteiger partial charge is 0.262 e. The van der Waals surface area contributed by atoms with Crippen molar-refractivity contribution in [2.75, 3.05) is 13.1 Å². The first-order valence-corrected chi connectivity index (χ1v) is 11.1. The maximum atomic E-state index is 13.1. The van der Waals surface area contributed by atoms with Crippen LogP contribution in [0.5, 0.6) is 0 Å². The number of sulfonamides is 1. The van der Waals surface area contributed by atoms with Gasteiger partial charge in [0.1, 0.15) is 0 Å². The lowest BCUT2D eigenvalue weighted by Crippen LogP contribution is -2.68. The van der Waals surface area contributed by atoms with Crippen molar-refractivity contribution < 1.29 is 13.2 Å². The second-order valence-corrected chi connectivity index (χ2v) is 9.94. The number of aryl methyl sites for hydroxylation is 1. The van der Waals surface area contributed by atoms with Gasteiger partial charge in [0.15, 0.2) is 5.03 Å². The predicted octanol–water partition coefficient (Wildman–Crippen LogP) is 2.18. The summed E-state index contributed by atoms with van der Waals surface area (Å²) in [5.41, 5.74) is 0.610. The van der Waals surface area contributed by atoms with Crippen molar-refractivity contribution in [3.05, 3.63) is 48.4 Å². The molecule has 1 amide bonds. The summed E-state index contributed by atoms with van der Waals surface area (Å²) >= 11 is 0. The number of hydrogen-bond donors (Lipinski definition) is 0. The Morgan fingerprint density at radius 1 is 1.14 bits per heavy atom. The molecule has 0 N–H and O–H groups in total. The summed E-state index contributed by atoms with van der Waals surface area (Å²) in [4.78, 5) is 19.1. The molecule has 1 unspecified atom stereocenters. The monoisotopic (exact) mass is 402 g/mol. The average molecular weight is 403 g/mol. The summed E-state index contributed by atoms with van der Waals surface area (Å²) in [5.74, 6) is 0.145. The minimum absolute atomic E-state index is 0.000837. The second-order valence-electron chi connectivity index (χ2n) is 8.06. The van der Waals surface area contributed by atoms with Crippen LogP contribution in [0.3, 0.4) is 0 Å². The van der Waals surface area contributed by atoms with E-state index in [2.05, 4.69) is 17.1 Å². The Labute approximate surface area is 166 Å². The maximum absolute atomic E-state index is 13.1. The Morgan fingerprint density at radius 2 is 1.79 bits per heavy atom. The van der Waals surface area contributed by atoms with E-state index in [0.29, 0.717) is 25.9 Å².